The molecule has 3 N–H and O–H groups in total. The van der Waals surface area contributed by atoms with Crippen LogP contribution in [0.15, 0.2) is 42.5 Å². The van der Waals surface area contributed by atoms with Crippen LogP contribution in [-0.2, 0) is 22.6 Å². The van der Waals surface area contributed by atoms with Crippen molar-refractivity contribution in [2.24, 2.45) is 5.92 Å². The lowest BCUT2D eigenvalue weighted by molar-refractivity contribution is -0.142. The van der Waals surface area contributed by atoms with Gasteiger partial charge in [0.15, 0.2) is 0 Å². The van der Waals surface area contributed by atoms with Crippen LogP contribution in [0, 0.1) is 17.6 Å². The summed E-state index contributed by atoms with van der Waals surface area (Å²) in [4.78, 5) is 23.1. The maximum absolute atomic E-state index is 13.3. The van der Waals surface area contributed by atoms with Gasteiger partial charge in [-0.25, -0.2) is 8.78 Å². The lowest BCUT2D eigenvalue weighted by Crippen LogP contribution is -2.48. The van der Waals surface area contributed by atoms with Crippen molar-refractivity contribution in [3.63, 3.8) is 0 Å². The van der Waals surface area contributed by atoms with Crippen LogP contribution in [-0.4, -0.2) is 34.2 Å². The summed E-state index contributed by atoms with van der Waals surface area (Å²) in [6.07, 6.45) is 0.343. The molecule has 0 aromatic heterocycles. The molecule has 0 radical (unpaired) electrons. The summed E-state index contributed by atoms with van der Waals surface area (Å²) in [5.74, 6) is -3.18. The quantitative estimate of drug-likeness (QED) is 0.513. The number of nitrogens with one attached hydrogen (secondary N) is 1. The van der Waals surface area contributed by atoms with E-state index in [-0.39, 0.29) is 18.9 Å². The van der Waals surface area contributed by atoms with Gasteiger partial charge in [-0.05, 0) is 54.2 Å². The van der Waals surface area contributed by atoms with Gasteiger partial charge in [-0.15, -0.1) is 0 Å². The molecule has 0 saturated carbocycles. The minimum Gasteiger partial charge on any atom is -0.489 e. The number of benzene rings is 2. The first kappa shape index (κ1) is 23.3. The second-order valence-corrected chi connectivity index (χ2v) is 7.50. The molecular weight excluding hydrogens is 396 g/mol. The van der Waals surface area contributed by atoms with Crippen molar-refractivity contribution < 1.29 is 33.3 Å². The van der Waals surface area contributed by atoms with Gasteiger partial charge in [0.2, 0.25) is 0 Å². The molecule has 0 saturated heterocycles. The highest BCUT2D eigenvalue weighted by molar-refractivity contribution is 5.77. The first-order chi connectivity index (χ1) is 14.1. The fourth-order valence-electron chi connectivity index (χ4n) is 3.03. The average molecular weight is 421 g/mol. The van der Waals surface area contributed by atoms with E-state index in [9.17, 15) is 28.6 Å². The Morgan fingerprint density at radius 2 is 1.60 bits per heavy atom. The van der Waals surface area contributed by atoms with Crippen molar-refractivity contribution in [2.75, 3.05) is 0 Å². The topological polar surface area (TPSA) is 95.9 Å². The van der Waals surface area contributed by atoms with E-state index in [0.29, 0.717) is 23.3 Å². The van der Waals surface area contributed by atoms with Gasteiger partial charge in [-0.1, -0.05) is 26.0 Å². The third-order valence-electron chi connectivity index (χ3n) is 4.37. The molecule has 0 spiro atoms. The molecule has 0 amide bonds. The molecule has 2 atom stereocenters. The Labute approximate surface area is 173 Å². The lowest BCUT2D eigenvalue weighted by Gasteiger charge is -2.22. The predicted molar refractivity (Wildman–Crippen MR) is 106 cm³/mol. The monoisotopic (exact) mass is 421 g/mol. The summed E-state index contributed by atoms with van der Waals surface area (Å²) in [5.41, 5.74) is 0.937. The smallest absolute Gasteiger partial charge is 0.321 e. The Balaban J connectivity index is 2.07. The Bertz CT molecular complexity index is 867. The van der Waals surface area contributed by atoms with Gasteiger partial charge in [-0.3, -0.25) is 14.9 Å². The van der Waals surface area contributed by atoms with Gasteiger partial charge in [0.1, 0.15) is 36.1 Å². The zero-order valence-electron chi connectivity index (χ0n) is 16.8. The average Bonchev–Trinajstić information content (AvgIpc) is 2.64. The maximum atomic E-state index is 13.3. The van der Waals surface area contributed by atoms with Gasteiger partial charge in [-0.2, -0.15) is 0 Å². The summed E-state index contributed by atoms with van der Waals surface area (Å²) in [5, 5.41) is 21.6. The molecule has 6 nitrogen and oxygen atoms in total. The predicted octanol–water partition coefficient (Wildman–Crippen LogP) is 3.63. The first-order valence-electron chi connectivity index (χ1n) is 9.52. The molecule has 0 bridgehead atoms. The summed E-state index contributed by atoms with van der Waals surface area (Å²) in [7, 11) is 0. The van der Waals surface area contributed by atoms with Crippen LogP contribution in [0.3, 0.4) is 0 Å². The van der Waals surface area contributed by atoms with E-state index in [1.54, 1.807) is 24.3 Å². The molecule has 0 aliphatic carbocycles. The van der Waals surface area contributed by atoms with E-state index in [4.69, 9.17) is 4.74 Å². The minimum absolute atomic E-state index is 0.0446. The largest absolute Gasteiger partial charge is 0.489 e. The van der Waals surface area contributed by atoms with Crippen molar-refractivity contribution >= 4 is 11.9 Å². The number of halogens is 2. The number of ether oxygens (including phenoxy) is 1. The minimum atomic E-state index is -1.16. The van der Waals surface area contributed by atoms with Gasteiger partial charge in [0.25, 0.3) is 0 Å². The molecule has 8 heteroatoms. The van der Waals surface area contributed by atoms with Gasteiger partial charge >= 0.3 is 11.9 Å². The number of aliphatic carboxylic acids is 2. The van der Waals surface area contributed by atoms with Crippen molar-refractivity contribution in [2.45, 2.75) is 45.4 Å². The van der Waals surface area contributed by atoms with Gasteiger partial charge in [0.05, 0.1) is 0 Å². The van der Waals surface area contributed by atoms with Crippen LogP contribution in [0.25, 0.3) is 0 Å². The lowest BCUT2D eigenvalue weighted by atomic mass is 10.0. The normalized spacial score (nSPS) is 13.1. The highest BCUT2D eigenvalue weighted by atomic mass is 19.1. The molecule has 0 unspecified atom stereocenters. The van der Waals surface area contributed by atoms with Crippen LogP contribution in [0.1, 0.15) is 31.4 Å². The van der Waals surface area contributed by atoms with E-state index in [0.717, 1.165) is 18.2 Å². The molecule has 2 rings (SSSR count). The highest BCUT2D eigenvalue weighted by Gasteiger charge is 2.26. The molecule has 0 aliphatic heterocycles. The van der Waals surface area contributed by atoms with Gasteiger partial charge in [0, 0.05) is 6.07 Å². The Hall–Kier alpha value is -3.00. The number of hydrogen-bond donors (Lipinski definition) is 3. The number of hydrogen-bond acceptors (Lipinski definition) is 4. The van der Waals surface area contributed by atoms with E-state index in [2.05, 4.69) is 5.32 Å². The molecule has 2 aromatic carbocycles. The van der Waals surface area contributed by atoms with Crippen LogP contribution in [0.5, 0.6) is 5.75 Å². The van der Waals surface area contributed by atoms with E-state index >= 15 is 0 Å². The van der Waals surface area contributed by atoms with E-state index in [1.165, 1.54) is 0 Å². The van der Waals surface area contributed by atoms with Crippen LogP contribution in [0.4, 0.5) is 8.78 Å². The fraction of sp³-hybridized carbons (Fsp3) is 0.364. The van der Waals surface area contributed by atoms with Crippen LogP contribution >= 0.6 is 0 Å². The Kier molecular flexibility index (Phi) is 8.29. The van der Waals surface area contributed by atoms with Crippen molar-refractivity contribution in [3.05, 3.63) is 65.2 Å². The van der Waals surface area contributed by atoms with Crippen LogP contribution in [0.2, 0.25) is 0 Å². The third-order valence-corrected chi connectivity index (χ3v) is 4.37. The molecule has 0 aliphatic rings. The number of carboxylic acid groups (broad SMARTS) is 2. The Morgan fingerprint density at radius 1 is 0.967 bits per heavy atom. The molecule has 0 fully saturated rings. The summed E-state index contributed by atoms with van der Waals surface area (Å²) in [6, 6.07) is 7.64. The second-order valence-electron chi connectivity index (χ2n) is 7.50. The van der Waals surface area contributed by atoms with Gasteiger partial charge < -0.3 is 14.9 Å². The summed E-state index contributed by atoms with van der Waals surface area (Å²) in [6.45, 7) is 3.66. The van der Waals surface area contributed by atoms with E-state index < -0.39 is 35.7 Å². The zero-order chi connectivity index (χ0) is 22.3. The molecule has 162 valence electrons. The van der Waals surface area contributed by atoms with Crippen molar-refractivity contribution in [3.8, 4) is 5.75 Å². The van der Waals surface area contributed by atoms with E-state index in [1.807, 2.05) is 13.8 Å². The second kappa shape index (κ2) is 10.7. The molecular formula is C22H25F2NO5. The number of rotatable bonds is 11. The number of carbonyl (C=O) groups is 2. The fourth-order valence-corrected chi connectivity index (χ4v) is 3.03. The molecule has 0 heterocycles. The third kappa shape index (κ3) is 7.44. The van der Waals surface area contributed by atoms with Crippen LogP contribution < -0.4 is 10.1 Å². The van der Waals surface area contributed by atoms with Crippen molar-refractivity contribution in [1.29, 1.82) is 0 Å². The summed E-state index contributed by atoms with van der Waals surface area (Å²) < 4.78 is 32.1. The zero-order valence-corrected chi connectivity index (χ0v) is 16.8. The Morgan fingerprint density at radius 3 is 2.17 bits per heavy atom. The number of carboxylic acids is 2. The highest BCUT2D eigenvalue weighted by Crippen LogP contribution is 2.18. The SMILES string of the molecule is CC(C)C[C@H](N[C@@H](Cc1cccc(OCc2cc(F)cc(F)c2)c1)C(=O)O)C(=O)O. The molecule has 30 heavy (non-hydrogen) atoms. The first-order valence-corrected chi connectivity index (χ1v) is 9.52. The van der Waals surface area contributed by atoms with Crippen molar-refractivity contribution in [1.82, 2.24) is 5.32 Å². The summed E-state index contributed by atoms with van der Waals surface area (Å²) >= 11 is 0. The standard InChI is InChI=1S/C22H25F2NO5/c1-13(2)6-19(21(26)27)25-20(22(28)29)10-14-4-3-5-18(9-14)30-12-15-7-16(23)11-17(24)8-15/h3-5,7-9,11,13,19-20,25H,6,10,12H2,1-2H3,(H,26,27)(H,28,29)/t19-,20-/m0/s1. The maximum Gasteiger partial charge on any atom is 0.321 e. The molecule has 2 aromatic rings.